The van der Waals surface area contributed by atoms with E-state index in [1.54, 1.807) is 12.1 Å². The second-order valence-corrected chi connectivity index (χ2v) is 8.04. The minimum atomic E-state index is -3.88. The highest BCUT2D eigenvalue weighted by Gasteiger charge is 2.26. The topological polar surface area (TPSA) is 83.6 Å². The van der Waals surface area contributed by atoms with Gasteiger partial charge in [0.15, 0.2) is 0 Å². The van der Waals surface area contributed by atoms with E-state index in [2.05, 4.69) is 15.9 Å². The van der Waals surface area contributed by atoms with Crippen molar-refractivity contribution in [1.82, 2.24) is 4.31 Å². The van der Waals surface area contributed by atoms with Crippen LogP contribution < -0.4 is 16.2 Å². The van der Waals surface area contributed by atoms with E-state index in [1.807, 2.05) is 0 Å². The summed E-state index contributed by atoms with van der Waals surface area (Å²) >= 11 is 3.26. The summed E-state index contributed by atoms with van der Waals surface area (Å²) < 4.78 is 40.9. The first-order valence-corrected chi connectivity index (χ1v) is 9.27. The van der Waals surface area contributed by atoms with Crippen LogP contribution in [0.15, 0.2) is 45.8 Å². The fourth-order valence-electron chi connectivity index (χ4n) is 2.49. The second-order valence-electron chi connectivity index (χ2n) is 5.29. The van der Waals surface area contributed by atoms with Crippen LogP contribution >= 0.6 is 15.9 Å². The van der Waals surface area contributed by atoms with Gasteiger partial charge in [0, 0.05) is 22.4 Å². The van der Waals surface area contributed by atoms with Crippen molar-refractivity contribution >= 4 is 37.9 Å². The van der Waals surface area contributed by atoms with Crippen LogP contribution in [0.4, 0.5) is 4.39 Å². The molecule has 2 aromatic rings. The first-order valence-electron chi connectivity index (χ1n) is 7.03. The molecule has 3 rings (SSSR count). The van der Waals surface area contributed by atoms with Gasteiger partial charge in [-0.2, -0.15) is 0 Å². The Morgan fingerprint density at radius 2 is 1.88 bits per heavy atom. The van der Waals surface area contributed by atoms with E-state index in [9.17, 15) is 17.9 Å². The molecule has 24 heavy (non-hydrogen) atoms. The number of hydrogen-bond acceptors (Lipinski definition) is 4. The predicted molar refractivity (Wildman–Crippen MR) is 92.1 cm³/mol. The van der Waals surface area contributed by atoms with Crippen molar-refractivity contribution in [2.45, 2.75) is 11.4 Å². The number of hydrogen-bond donors (Lipinski definition) is 2. The zero-order chi connectivity index (χ0) is 17.5. The van der Waals surface area contributed by atoms with Crippen molar-refractivity contribution in [1.29, 1.82) is 0 Å². The van der Waals surface area contributed by atoms with Crippen LogP contribution in [0.1, 0.15) is 5.56 Å². The van der Waals surface area contributed by atoms with Crippen LogP contribution in [-0.4, -0.2) is 24.4 Å². The fourth-order valence-corrected chi connectivity index (χ4v) is 4.21. The summed E-state index contributed by atoms with van der Waals surface area (Å²) in [6.07, 6.45) is 1.31. The van der Waals surface area contributed by atoms with Crippen molar-refractivity contribution in [2.75, 3.05) is 6.54 Å². The van der Waals surface area contributed by atoms with E-state index in [0.717, 1.165) is 9.87 Å². The molecule has 0 saturated heterocycles. The number of nitrogens with zero attached hydrogens (tertiary/aromatic N) is 1. The predicted octanol–water partition coefficient (Wildman–Crippen LogP) is 1.16. The van der Waals surface area contributed by atoms with E-state index in [1.165, 1.54) is 30.5 Å². The molecule has 0 fully saturated rings. The molecule has 0 spiro atoms. The molecule has 0 saturated carbocycles. The third-order valence-electron chi connectivity index (χ3n) is 3.77. The van der Waals surface area contributed by atoms with E-state index < -0.39 is 15.8 Å². The van der Waals surface area contributed by atoms with Crippen molar-refractivity contribution in [2.24, 2.45) is 5.73 Å². The standard InChI is InChI=1S/C16H14BrFN2O3S/c17-13-5-6-14(18)16-12(13)8-20(9-15(16)21)24(22,23)11-3-1-10(7-19)2-4-11/h1-6,8,21H,7,9,19H2. The summed E-state index contributed by atoms with van der Waals surface area (Å²) in [5.74, 6) is -0.945. The molecular weight excluding hydrogens is 399 g/mol. The number of rotatable bonds is 3. The lowest BCUT2D eigenvalue weighted by atomic mass is 10.2. The van der Waals surface area contributed by atoms with Gasteiger partial charge in [0.1, 0.15) is 11.6 Å². The molecule has 1 heterocycles. The van der Waals surface area contributed by atoms with Gasteiger partial charge in [0.25, 0.3) is 10.0 Å². The third kappa shape index (κ3) is 2.81. The molecule has 0 aliphatic carbocycles. The zero-order valence-electron chi connectivity index (χ0n) is 12.4. The molecule has 3 N–H and O–H groups in total. The Bertz CT molecular complexity index is 1020. The summed E-state index contributed by atoms with van der Waals surface area (Å²) in [5, 5.41) is 10.4. The van der Waals surface area contributed by atoms with Crippen molar-refractivity contribution < 1.29 is 17.9 Å². The van der Waals surface area contributed by atoms with Crippen LogP contribution in [0, 0.1) is 5.82 Å². The molecule has 0 aromatic heterocycles. The summed E-state index contributed by atoms with van der Waals surface area (Å²) in [6.45, 7) is -0.0221. The Balaban J connectivity index is 2.13. The highest BCUT2D eigenvalue weighted by atomic mass is 79.9. The maximum atomic E-state index is 13.9. The van der Waals surface area contributed by atoms with Gasteiger partial charge >= 0.3 is 0 Å². The van der Waals surface area contributed by atoms with Crippen LogP contribution in [-0.2, 0) is 16.6 Å². The minimum absolute atomic E-state index is 0.00862. The normalized spacial score (nSPS) is 14.3. The average molecular weight is 413 g/mol. The molecule has 0 atom stereocenters. The van der Waals surface area contributed by atoms with Gasteiger partial charge in [-0.1, -0.05) is 28.1 Å². The van der Waals surface area contributed by atoms with Crippen LogP contribution in [0.3, 0.4) is 0 Å². The lowest BCUT2D eigenvalue weighted by Gasteiger charge is -2.23. The molecule has 1 aliphatic rings. The Hall–Kier alpha value is -1.90. The molecular formula is C16H14BrFN2O3S. The van der Waals surface area contributed by atoms with E-state index >= 15 is 0 Å². The first-order chi connectivity index (χ1) is 11.3. The van der Waals surface area contributed by atoms with Crippen LogP contribution in [0.2, 0.25) is 0 Å². The number of aliphatic hydroxyl groups is 1. The Kier molecular flexibility index (Phi) is 4.37. The summed E-state index contributed by atoms with van der Waals surface area (Å²) in [6, 6.07) is 8.84. The summed E-state index contributed by atoms with van der Waals surface area (Å²) in [7, 11) is -3.88. The molecule has 0 bridgehead atoms. The fraction of sp³-hybridized carbons (Fsp3) is 0.125. The van der Waals surface area contributed by atoms with Crippen molar-refractivity contribution in [3.8, 4) is 0 Å². The maximum absolute atomic E-state index is 13.9. The minimum Gasteiger partial charge on any atom is -0.510 e. The molecule has 2 aromatic carbocycles. The van der Waals surface area contributed by atoms with Gasteiger partial charge in [0.05, 0.1) is 16.7 Å². The number of aliphatic hydroxyl groups excluding tert-OH is 1. The Morgan fingerprint density at radius 3 is 2.50 bits per heavy atom. The SMILES string of the molecule is NCc1ccc(S(=O)(=O)N2C=c3c(Br)ccc(F)c3=C(O)C2)cc1. The number of halogens is 2. The van der Waals surface area contributed by atoms with Crippen LogP contribution in [0.5, 0.6) is 0 Å². The monoisotopic (exact) mass is 412 g/mol. The quantitative estimate of drug-likeness (QED) is 0.791. The van der Waals surface area contributed by atoms with Gasteiger partial charge in [0.2, 0.25) is 0 Å². The van der Waals surface area contributed by atoms with E-state index in [4.69, 9.17) is 5.73 Å². The summed E-state index contributed by atoms with van der Waals surface area (Å²) in [4.78, 5) is 0.0692. The molecule has 0 unspecified atom stereocenters. The lowest BCUT2D eigenvalue weighted by Crippen LogP contribution is -2.43. The third-order valence-corrected chi connectivity index (χ3v) is 6.19. The van der Waals surface area contributed by atoms with Gasteiger partial charge in [-0.05, 0) is 29.8 Å². The number of fused-ring (bicyclic) bond motifs is 1. The molecule has 0 radical (unpaired) electrons. The Morgan fingerprint density at radius 1 is 1.21 bits per heavy atom. The van der Waals surface area contributed by atoms with Crippen LogP contribution in [0.25, 0.3) is 12.0 Å². The second kappa shape index (κ2) is 6.19. The van der Waals surface area contributed by atoms with Gasteiger partial charge in [-0.15, -0.1) is 0 Å². The maximum Gasteiger partial charge on any atom is 0.264 e. The molecule has 0 amide bonds. The van der Waals surface area contributed by atoms with Crippen molar-refractivity contribution in [3.05, 3.63) is 62.7 Å². The van der Waals surface area contributed by atoms with Gasteiger partial charge in [-0.25, -0.2) is 12.8 Å². The van der Waals surface area contributed by atoms with E-state index in [-0.39, 0.29) is 27.6 Å². The Labute approximate surface area is 146 Å². The number of sulfonamides is 1. The summed E-state index contributed by atoms with van der Waals surface area (Å²) in [5.41, 5.74) is 6.32. The average Bonchev–Trinajstić information content (AvgIpc) is 2.57. The lowest BCUT2D eigenvalue weighted by molar-refractivity contribution is 0.441. The zero-order valence-corrected chi connectivity index (χ0v) is 14.8. The molecule has 8 heteroatoms. The van der Waals surface area contributed by atoms with Gasteiger partial charge in [-0.3, -0.25) is 4.31 Å². The first kappa shape index (κ1) is 16.9. The van der Waals surface area contributed by atoms with E-state index in [0.29, 0.717) is 11.0 Å². The highest BCUT2D eigenvalue weighted by Crippen LogP contribution is 2.19. The molecule has 126 valence electrons. The highest BCUT2D eigenvalue weighted by molar-refractivity contribution is 9.10. The molecule has 5 nitrogen and oxygen atoms in total. The number of nitrogens with two attached hydrogens (primary N) is 1. The van der Waals surface area contributed by atoms with Gasteiger partial charge < -0.3 is 10.8 Å². The largest absolute Gasteiger partial charge is 0.510 e. The number of benzene rings is 2. The smallest absolute Gasteiger partial charge is 0.264 e. The molecule has 1 aliphatic heterocycles. The van der Waals surface area contributed by atoms with Crippen molar-refractivity contribution in [3.63, 3.8) is 0 Å².